The van der Waals surface area contributed by atoms with Crippen molar-refractivity contribution in [3.8, 4) is 17.1 Å². The van der Waals surface area contributed by atoms with Gasteiger partial charge in [-0.25, -0.2) is 9.67 Å². The van der Waals surface area contributed by atoms with Crippen LogP contribution in [0, 0.1) is 6.92 Å². The minimum Gasteiger partial charge on any atom is -0.289 e. The van der Waals surface area contributed by atoms with Gasteiger partial charge in [-0.3, -0.25) is 9.89 Å². The molecule has 0 amide bonds. The first-order chi connectivity index (χ1) is 10.2. The fraction of sp³-hybridized carbons (Fsp3) is 0.0588. The van der Waals surface area contributed by atoms with Gasteiger partial charge in [-0.2, -0.15) is 0 Å². The SMILES string of the molecule is C=Cc1ccc(C)c(-c2cc(=O)n(-c3ccccn3)[nH]2)c1. The Labute approximate surface area is 122 Å². The number of rotatable bonds is 3. The van der Waals surface area contributed by atoms with E-state index in [1.807, 2.05) is 37.3 Å². The van der Waals surface area contributed by atoms with Gasteiger partial charge in [-0.15, -0.1) is 0 Å². The molecule has 0 aliphatic heterocycles. The Hall–Kier alpha value is -2.88. The summed E-state index contributed by atoms with van der Waals surface area (Å²) in [4.78, 5) is 16.3. The molecule has 0 radical (unpaired) electrons. The van der Waals surface area contributed by atoms with E-state index in [0.717, 1.165) is 22.4 Å². The molecule has 0 saturated carbocycles. The Bertz CT molecular complexity index is 844. The van der Waals surface area contributed by atoms with Gasteiger partial charge in [0.2, 0.25) is 0 Å². The standard InChI is InChI=1S/C17H15N3O/c1-3-13-8-7-12(2)14(10-13)15-11-17(21)20(19-15)16-6-4-5-9-18-16/h3-11,19H,1H2,2H3. The lowest BCUT2D eigenvalue weighted by molar-refractivity contribution is 0.821. The van der Waals surface area contributed by atoms with Crippen molar-refractivity contribution in [2.45, 2.75) is 6.92 Å². The topological polar surface area (TPSA) is 50.7 Å². The minimum absolute atomic E-state index is 0.132. The first-order valence-electron chi connectivity index (χ1n) is 6.66. The van der Waals surface area contributed by atoms with Crippen LogP contribution in [0.5, 0.6) is 0 Å². The van der Waals surface area contributed by atoms with Crippen molar-refractivity contribution in [1.29, 1.82) is 0 Å². The molecule has 4 heteroatoms. The molecule has 0 bridgehead atoms. The lowest BCUT2D eigenvalue weighted by atomic mass is 10.0. The van der Waals surface area contributed by atoms with Crippen molar-refractivity contribution in [3.05, 3.63) is 76.7 Å². The maximum absolute atomic E-state index is 12.2. The van der Waals surface area contributed by atoms with Gasteiger partial charge in [-0.1, -0.05) is 30.9 Å². The molecule has 0 fully saturated rings. The van der Waals surface area contributed by atoms with Gasteiger partial charge in [0, 0.05) is 17.8 Å². The highest BCUT2D eigenvalue weighted by Gasteiger charge is 2.09. The van der Waals surface area contributed by atoms with Crippen molar-refractivity contribution < 1.29 is 0 Å². The Balaban J connectivity index is 2.14. The predicted molar refractivity (Wildman–Crippen MR) is 84.4 cm³/mol. The van der Waals surface area contributed by atoms with Gasteiger partial charge in [0.1, 0.15) is 0 Å². The van der Waals surface area contributed by atoms with Crippen LogP contribution < -0.4 is 5.56 Å². The molecule has 0 aliphatic rings. The maximum atomic E-state index is 12.2. The zero-order chi connectivity index (χ0) is 14.8. The van der Waals surface area contributed by atoms with Gasteiger partial charge in [0.05, 0.1) is 5.69 Å². The Morgan fingerprint density at radius 1 is 1.24 bits per heavy atom. The molecule has 2 heterocycles. The molecule has 2 aromatic heterocycles. The summed E-state index contributed by atoms with van der Waals surface area (Å²) >= 11 is 0. The van der Waals surface area contributed by atoms with Gasteiger partial charge in [-0.05, 0) is 36.2 Å². The third-order valence-corrected chi connectivity index (χ3v) is 3.39. The summed E-state index contributed by atoms with van der Waals surface area (Å²) in [5, 5.41) is 3.11. The number of aryl methyl sites for hydroxylation is 1. The second-order valence-corrected chi connectivity index (χ2v) is 4.81. The predicted octanol–water partition coefficient (Wildman–Crippen LogP) is 3.18. The van der Waals surface area contributed by atoms with E-state index in [4.69, 9.17) is 0 Å². The highest BCUT2D eigenvalue weighted by atomic mass is 16.1. The van der Waals surface area contributed by atoms with E-state index in [9.17, 15) is 4.79 Å². The summed E-state index contributed by atoms with van der Waals surface area (Å²) < 4.78 is 1.44. The van der Waals surface area contributed by atoms with Crippen LogP contribution >= 0.6 is 0 Å². The van der Waals surface area contributed by atoms with Crippen LogP contribution in [-0.2, 0) is 0 Å². The Kier molecular flexibility index (Phi) is 3.28. The summed E-state index contributed by atoms with van der Waals surface area (Å²) in [5.41, 5.74) is 3.73. The quantitative estimate of drug-likeness (QED) is 0.799. The summed E-state index contributed by atoms with van der Waals surface area (Å²) in [6.07, 6.45) is 3.45. The van der Waals surface area contributed by atoms with Crippen LogP contribution in [0.25, 0.3) is 23.2 Å². The fourth-order valence-corrected chi connectivity index (χ4v) is 2.25. The first-order valence-corrected chi connectivity index (χ1v) is 6.66. The normalized spacial score (nSPS) is 10.5. The van der Waals surface area contributed by atoms with Crippen LogP contribution in [0.4, 0.5) is 0 Å². The Morgan fingerprint density at radius 3 is 2.81 bits per heavy atom. The third kappa shape index (κ3) is 2.43. The van der Waals surface area contributed by atoms with Crippen molar-refractivity contribution in [1.82, 2.24) is 14.8 Å². The fourth-order valence-electron chi connectivity index (χ4n) is 2.25. The number of nitrogens with zero attached hydrogens (tertiary/aromatic N) is 2. The van der Waals surface area contributed by atoms with E-state index in [1.165, 1.54) is 4.68 Å². The average Bonchev–Trinajstić information content (AvgIpc) is 2.90. The molecule has 0 saturated heterocycles. The monoisotopic (exact) mass is 277 g/mol. The van der Waals surface area contributed by atoms with Crippen molar-refractivity contribution >= 4 is 6.08 Å². The Morgan fingerprint density at radius 2 is 2.10 bits per heavy atom. The van der Waals surface area contributed by atoms with E-state index in [0.29, 0.717) is 5.82 Å². The van der Waals surface area contributed by atoms with Crippen LogP contribution in [0.3, 0.4) is 0 Å². The highest BCUT2D eigenvalue weighted by Crippen LogP contribution is 2.22. The molecule has 0 atom stereocenters. The van der Waals surface area contributed by atoms with Crippen molar-refractivity contribution in [3.63, 3.8) is 0 Å². The zero-order valence-corrected chi connectivity index (χ0v) is 11.7. The minimum atomic E-state index is -0.132. The molecule has 3 rings (SSSR count). The largest absolute Gasteiger partial charge is 0.289 e. The van der Waals surface area contributed by atoms with Gasteiger partial charge in [0.25, 0.3) is 5.56 Å². The van der Waals surface area contributed by atoms with Crippen LogP contribution in [0.15, 0.2) is 60.0 Å². The van der Waals surface area contributed by atoms with Crippen LogP contribution in [-0.4, -0.2) is 14.8 Å². The first kappa shape index (κ1) is 13.1. The van der Waals surface area contributed by atoms with E-state index in [1.54, 1.807) is 24.4 Å². The lowest BCUT2D eigenvalue weighted by Gasteiger charge is -2.05. The van der Waals surface area contributed by atoms with E-state index in [2.05, 4.69) is 16.7 Å². The number of hydrogen-bond donors (Lipinski definition) is 1. The number of H-pyrrole nitrogens is 1. The second kappa shape index (κ2) is 5.25. The average molecular weight is 277 g/mol. The summed E-state index contributed by atoms with van der Waals surface area (Å²) in [6, 6.07) is 13.1. The molecule has 1 N–H and O–H groups in total. The van der Waals surface area contributed by atoms with E-state index < -0.39 is 0 Å². The van der Waals surface area contributed by atoms with E-state index in [-0.39, 0.29) is 5.56 Å². The molecule has 1 aromatic carbocycles. The molecule has 4 nitrogen and oxygen atoms in total. The molecule has 3 aromatic rings. The third-order valence-electron chi connectivity index (χ3n) is 3.39. The van der Waals surface area contributed by atoms with Gasteiger partial charge >= 0.3 is 0 Å². The van der Waals surface area contributed by atoms with Crippen molar-refractivity contribution in [2.24, 2.45) is 0 Å². The van der Waals surface area contributed by atoms with E-state index >= 15 is 0 Å². The van der Waals surface area contributed by atoms with Gasteiger partial charge < -0.3 is 0 Å². The number of nitrogens with one attached hydrogen (secondary N) is 1. The number of hydrogen-bond acceptors (Lipinski definition) is 2. The lowest BCUT2D eigenvalue weighted by Crippen LogP contribution is -2.14. The molecule has 0 aliphatic carbocycles. The molecular weight excluding hydrogens is 262 g/mol. The number of pyridine rings is 1. The molecule has 104 valence electrons. The highest BCUT2D eigenvalue weighted by molar-refractivity contribution is 5.67. The molecule has 0 spiro atoms. The number of aromatic nitrogens is 3. The zero-order valence-electron chi connectivity index (χ0n) is 11.7. The van der Waals surface area contributed by atoms with Crippen LogP contribution in [0.1, 0.15) is 11.1 Å². The number of aromatic amines is 1. The molecular formula is C17H15N3O. The van der Waals surface area contributed by atoms with Gasteiger partial charge in [0.15, 0.2) is 5.82 Å². The maximum Gasteiger partial charge on any atom is 0.273 e. The molecule has 21 heavy (non-hydrogen) atoms. The van der Waals surface area contributed by atoms with Crippen LogP contribution in [0.2, 0.25) is 0 Å². The van der Waals surface area contributed by atoms with Crippen molar-refractivity contribution in [2.75, 3.05) is 0 Å². The summed E-state index contributed by atoms with van der Waals surface area (Å²) in [7, 11) is 0. The summed E-state index contributed by atoms with van der Waals surface area (Å²) in [6.45, 7) is 5.79. The second-order valence-electron chi connectivity index (χ2n) is 4.81. The summed E-state index contributed by atoms with van der Waals surface area (Å²) in [5.74, 6) is 0.575. The molecule has 0 unspecified atom stereocenters. The smallest absolute Gasteiger partial charge is 0.273 e. The number of benzene rings is 1.